The summed E-state index contributed by atoms with van der Waals surface area (Å²) in [4.78, 5) is 27.5. The normalized spacial score (nSPS) is 14.6. The molecule has 1 fully saturated rings. The van der Waals surface area contributed by atoms with Gasteiger partial charge in [-0.15, -0.1) is 0 Å². The van der Waals surface area contributed by atoms with E-state index in [9.17, 15) is 9.59 Å². The summed E-state index contributed by atoms with van der Waals surface area (Å²) in [6, 6.07) is 24.4. The molecule has 1 aliphatic heterocycles. The molecule has 3 aromatic carbocycles. The van der Waals surface area contributed by atoms with Gasteiger partial charge in [-0.3, -0.25) is 19.8 Å². The van der Waals surface area contributed by atoms with Crippen molar-refractivity contribution < 1.29 is 14.3 Å². The minimum absolute atomic E-state index is 0.00418. The fourth-order valence-corrected chi connectivity index (χ4v) is 5.08. The zero-order valence-corrected chi connectivity index (χ0v) is 24.2. The Morgan fingerprint density at radius 2 is 1.59 bits per heavy atom. The number of amides is 2. The number of aromatic nitrogens is 1. The molecule has 0 atom stereocenters. The predicted octanol–water partition coefficient (Wildman–Crippen LogP) is 6.92. The third kappa shape index (κ3) is 5.68. The fraction of sp³-hybridized carbons (Fsp3) is 0.100. The molecule has 0 radical (unpaired) electrons. The van der Waals surface area contributed by atoms with Crippen molar-refractivity contribution in [1.29, 1.82) is 0 Å². The van der Waals surface area contributed by atoms with Crippen LogP contribution in [-0.2, 0) is 16.2 Å². The van der Waals surface area contributed by atoms with Crippen molar-refractivity contribution >= 4 is 68.4 Å². The first-order chi connectivity index (χ1) is 18.7. The Morgan fingerprint density at radius 3 is 2.26 bits per heavy atom. The lowest BCUT2D eigenvalue weighted by Crippen LogP contribution is -2.54. The summed E-state index contributed by atoms with van der Waals surface area (Å²) in [7, 11) is 0. The Labute approximate surface area is 245 Å². The lowest BCUT2D eigenvalue weighted by molar-refractivity contribution is -0.122. The number of carbonyl (C=O) groups is 2. The van der Waals surface area contributed by atoms with Gasteiger partial charge in [0.05, 0.1) is 5.69 Å². The van der Waals surface area contributed by atoms with E-state index in [1.54, 1.807) is 30.3 Å². The molecule has 0 aliphatic carbocycles. The Bertz CT molecular complexity index is 1610. The highest BCUT2D eigenvalue weighted by molar-refractivity contribution is 9.10. The molecule has 4 aromatic rings. The van der Waals surface area contributed by atoms with Crippen LogP contribution in [0.15, 0.2) is 88.9 Å². The molecular weight excluding hydrogens is 598 g/mol. The van der Waals surface area contributed by atoms with E-state index in [1.807, 2.05) is 68.4 Å². The third-order valence-corrected chi connectivity index (χ3v) is 7.44. The quantitative estimate of drug-likeness (QED) is 0.144. The van der Waals surface area contributed by atoms with Gasteiger partial charge in [0.25, 0.3) is 11.8 Å². The van der Waals surface area contributed by atoms with Crippen LogP contribution in [0.3, 0.4) is 0 Å². The summed E-state index contributed by atoms with van der Waals surface area (Å²) in [5.74, 6) is -0.273. The second kappa shape index (κ2) is 11.2. The van der Waals surface area contributed by atoms with Crippen molar-refractivity contribution in [2.75, 3.05) is 4.90 Å². The SMILES string of the molecule is Cc1cc(/C=C2\C(=O)NC(=S)N(c3ccc(Cl)cc3)C2=O)c(C)n1-c1ccc(OCc2ccc(Br)cc2)cc1. The second-order valence-corrected chi connectivity index (χ2v) is 10.7. The van der Waals surface area contributed by atoms with Gasteiger partial charge in [-0.25, -0.2) is 0 Å². The van der Waals surface area contributed by atoms with Crippen LogP contribution in [0.5, 0.6) is 5.75 Å². The highest BCUT2D eigenvalue weighted by Gasteiger charge is 2.34. The van der Waals surface area contributed by atoms with Crippen molar-refractivity contribution in [1.82, 2.24) is 9.88 Å². The van der Waals surface area contributed by atoms with Crippen molar-refractivity contribution in [3.8, 4) is 11.4 Å². The van der Waals surface area contributed by atoms with Gasteiger partial charge in [0.15, 0.2) is 5.11 Å². The number of benzene rings is 3. The summed E-state index contributed by atoms with van der Waals surface area (Å²) in [5, 5.41) is 3.18. The Kier molecular flexibility index (Phi) is 7.70. The van der Waals surface area contributed by atoms with Gasteiger partial charge in [-0.05, 0) is 110 Å². The molecule has 0 unspecified atom stereocenters. The molecule has 5 rings (SSSR count). The first-order valence-corrected chi connectivity index (χ1v) is 13.6. The number of rotatable bonds is 6. The van der Waals surface area contributed by atoms with E-state index >= 15 is 0 Å². The molecule has 1 N–H and O–H groups in total. The number of aryl methyl sites for hydroxylation is 1. The zero-order chi connectivity index (χ0) is 27.7. The monoisotopic (exact) mass is 619 g/mol. The van der Waals surface area contributed by atoms with Crippen molar-refractivity contribution in [2.45, 2.75) is 20.5 Å². The van der Waals surface area contributed by atoms with Gasteiger partial charge in [-0.1, -0.05) is 39.7 Å². The molecular formula is C30H23BrClN3O3S. The van der Waals surface area contributed by atoms with Crippen LogP contribution < -0.4 is 15.0 Å². The number of hydrogen-bond donors (Lipinski definition) is 1. The molecule has 2 heterocycles. The van der Waals surface area contributed by atoms with Crippen molar-refractivity contribution in [3.63, 3.8) is 0 Å². The summed E-state index contributed by atoms with van der Waals surface area (Å²) in [5.41, 5.74) is 5.13. The van der Waals surface area contributed by atoms with Gasteiger partial charge in [0.2, 0.25) is 0 Å². The van der Waals surface area contributed by atoms with Gasteiger partial charge in [-0.2, -0.15) is 0 Å². The van der Waals surface area contributed by atoms with Crippen LogP contribution in [-0.4, -0.2) is 21.5 Å². The van der Waals surface area contributed by atoms with Crippen molar-refractivity contribution in [3.05, 3.63) is 116 Å². The molecule has 39 heavy (non-hydrogen) atoms. The maximum atomic E-state index is 13.4. The Morgan fingerprint density at radius 1 is 0.949 bits per heavy atom. The lowest BCUT2D eigenvalue weighted by Gasteiger charge is -2.28. The lowest BCUT2D eigenvalue weighted by atomic mass is 10.1. The Hall–Kier alpha value is -3.72. The number of thiocarbonyl (C=S) groups is 1. The van der Waals surface area contributed by atoms with E-state index in [0.29, 0.717) is 17.3 Å². The third-order valence-electron chi connectivity index (χ3n) is 6.37. The average molecular weight is 621 g/mol. The van der Waals surface area contributed by atoms with E-state index < -0.39 is 11.8 Å². The Balaban J connectivity index is 1.39. The fourth-order valence-electron chi connectivity index (χ4n) is 4.41. The largest absolute Gasteiger partial charge is 0.489 e. The number of carbonyl (C=O) groups excluding carboxylic acids is 2. The second-order valence-electron chi connectivity index (χ2n) is 9.01. The van der Waals surface area contributed by atoms with E-state index in [4.69, 9.17) is 28.6 Å². The standard InChI is InChI=1S/C30H23BrClN3O3S/c1-18-15-21(16-27-28(36)33-30(39)35(29(27)37)25-9-7-23(32)8-10-25)19(2)34(18)24-11-13-26(14-12-24)38-17-20-3-5-22(31)6-4-20/h3-16H,17H2,1-2H3,(H,33,36,39)/b27-16+. The van der Waals surface area contributed by atoms with Gasteiger partial charge in [0, 0.05) is 26.6 Å². The molecule has 6 nitrogen and oxygen atoms in total. The van der Waals surface area contributed by atoms with Crippen LogP contribution in [0.1, 0.15) is 22.5 Å². The molecule has 1 aliphatic rings. The number of nitrogens with one attached hydrogen (secondary N) is 1. The number of hydrogen-bond acceptors (Lipinski definition) is 4. The minimum Gasteiger partial charge on any atom is -0.489 e. The van der Waals surface area contributed by atoms with Crippen LogP contribution >= 0.6 is 39.7 Å². The molecule has 2 amide bonds. The topological polar surface area (TPSA) is 63.6 Å². The highest BCUT2D eigenvalue weighted by Crippen LogP contribution is 2.27. The number of anilines is 1. The summed E-state index contributed by atoms with van der Waals surface area (Å²) >= 11 is 14.7. The van der Waals surface area contributed by atoms with Crippen LogP contribution in [0.25, 0.3) is 11.8 Å². The van der Waals surface area contributed by atoms with Gasteiger partial charge >= 0.3 is 0 Å². The van der Waals surface area contributed by atoms with E-state index in [2.05, 4.69) is 25.8 Å². The number of nitrogens with zero attached hydrogens (tertiary/aromatic N) is 2. The van der Waals surface area contributed by atoms with Gasteiger partial charge in [0.1, 0.15) is 17.9 Å². The first-order valence-electron chi connectivity index (χ1n) is 12.0. The molecule has 0 spiro atoms. The molecule has 9 heteroatoms. The average Bonchev–Trinajstić information content (AvgIpc) is 3.20. The minimum atomic E-state index is -0.535. The molecule has 1 saturated heterocycles. The summed E-state index contributed by atoms with van der Waals surface area (Å²) in [6.07, 6.45) is 1.61. The van der Waals surface area contributed by atoms with Crippen LogP contribution in [0.4, 0.5) is 5.69 Å². The highest BCUT2D eigenvalue weighted by atomic mass is 79.9. The zero-order valence-electron chi connectivity index (χ0n) is 21.1. The van der Waals surface area contributed by atoms with Crippen LogP contribution in [0.2, 0.25) is 5.02 Å². The smallest absolute Gasteiger partial charge is 0.270 e. The first kappa shape index (κ1) is 26.9. The molecule has 1 aromatic heterocycles. The van der Waals surface area contributed by atoms with E-state index in [0.717, 1.165) is 38.4 Å². The van der Waals surface area contributed by atoms with Gasteiger partial charge < -0.3 is 9.30 Å². The molecule has 196 valence electrons. The predicted molar refractivity (Wildman–Crippen MR) is 161 cm³/mol. The molecule has 0 saturated carbocycles. The number of halogens is 2. The van der Waals surface area contributed by atoms with Crippen molar-refractivity contribution in [2.24, 2.45) is 0 Å². The van der Waals surface area contributed by atoms with E-state index in [-0.39, 0.29) is 10.7 Å². The summed E-state index contributed by atoms with van der Waals surface area (Å²) in [6.45, 7) is 4.40. The maximum Gasteiger partial charge on any atom is 0.270 e. The van der Waals surface area contributed by atoms with Crippen LogP contribution in [0, 0.1) is 13.8 Å². The molecule has 0 bridgehead atoms. The number of ether oxygens (including phenoxy) is 1. The summed E-state index contributed by atoms with van der Waals surface area (Å²) < 4.78 is 9.03. The maximum absolute atomic E-state index is 13.4. The van der Waals surface area contributed by atoms with E-state index in [1.165, 1.54) is 4.90 Å².